The minimum Gasteiger partial charge on any atom is -0.384 e. The Balaban J connectivity index is 1.48. The topological polar surface area (TPSA) is 59.9 Å². The number of piperazine rings is 1. The molecule has 2 unspecified atom stereocenters. The van der Waals surface area contributed by atoms with Gasteiger partial charge in [-0.1, -0.05) is 18.2 Å². The predicted molar refractivity (Wildman–Crippen MR) is 129 cm³/mol. The highest BCUT2D eigenvalue weighted by atomic mass is 16.3. The van der Waals surface area contributed by atoms with Crippen LogP contribution >= 0.6 is 0 Å². The second kappa shape index (κ2) is 8.83. The standard InChI is InChI=1S/C26H36N4O2/c1-18-16-29(17-19(2)28(18)5)23-9-7-6-8-20(23)14-21-12-13-30(25(21)31)22-10-11-24(27-15-22)26(3,4)32/h6-11,15,18-19,21,32H,12-14,16-17H2,1-5H3/t18?,19?,21-/m0/s1. The summed E-state index contributed by atoms with van der Waals surface area (Å²) in [6, 6.07) is 13.3. The number of aromatic nitrogens is 1. The summed E-state index contributed by atoms with van der Waals surface area (Å²) >= 11 is 0. The number of para-hydroxylation sites is 1. The zero-order valence-corrected chi connectivity index (χ0v) is 20.0. The lowest BCUT2D eigenvalue weighted by molar-refractivity contribution is -0.120. The largest absolute Gasteiger partial charge is 0.384 e. The van der Waals surface area contributed by atoms with Crippen LogP contribution < -0.4 is 9.80 Å². The number of amides is 1. The molecule has 3 heterocycles. The van der Waals surface area contributed by atoms with Gasteiger partial charge >= 0.3 is 0 Å². The third-order valence-corrected chi connectivity index (χ3v) is 7.16. The van der Waals surface area contributed by atoms with Gasteiger partial charge in [0.05, 0.1) is 17.6 Å². The number of carbonyl (C=O) groups is 1. The third kappa shape index (κ3) is 4.52. The van der Waals surface area contributed by atoms with Crippen molar-refractivity contribution >= 4 is 17.3 Å². The average Bonchev–Trinajstić information content (AvgIpc) is 3.11. The van der Waals surface area contributed by atoms with Crippen LogP contribution in [0.3, 0.4) is 0 Å². The van der Waals surface area contributed by atoms with Gasteiger partial charge < -0.3 is 14.9 Å². The maximum atomic E-state index is 13.3. The van der Waals surface area contributed by atoms with Crippen LogP contribution in [0.25, 0.3) is 0 Å². The van der Waals surface area contributed by atoms with Gasteiger partial charge in [0.1, 0.15) is 5.60 Å². The van der Waals surface area contributed by atoms with Crippen LogP contribution in [0, 0.1) is 5.92 Å². The molecule has 6 heteroatoms. The Hall–Kier alpha value is -2.44. The van der Waals surface area contributed by atoms with Crippen molar-refractivity contribution in [3.05, 3.63) is 53.9 Å². The fraction of sp³-hybridized carbons (Fsp3) is 0.538. The van der Waals surface area contributed by atoms with Gasteiger partial charge in [0.2, 0.25) is 5.91 Å². The number of hydrogen-bond donors (Lipinski definition) is 1. The van der Waals surface area contributed by atoms with E-state index in [9.17, 15) is 9.90 Å². The smallest absolute Gasteiger partial charge is 0.230 e. The Morgan fingerprint density at radius 2 is 1.78 bits per heavy atom. The molecule has 32 heavy (non-hydrogen) atoms. The highest BCUT2D eigenvalue weighted by molar-refractivity contribution is 5.97. The van der Waals surface area contributed by atoms with Gasteiger partial charge in [0.25, 0.3) is 0 Å². The summed E-state index contributed by atoms with van der Waals surface area (Å²) < 4.78 is 0. The SMILES string of the molecule is CC1CN(c2ccccc2C[C@@H]2CCN(c3ccc(C(C)(C)O)nc3)C2=O)CC(C)N1C. The summed E-state index contributed by atoms with van der Waals surface area (Å²) in [5.74, 6) is 0.144. The van der Waals surface area contributed by atoms with Crippen molar-refractivity contribution in [2.45, 2.75) is 58.2 Å². The highest BCUT2D eigenvalue weighted by Gasteiger charge is 2.34. The average molecular weight is 437 g/mol. The van der Waals surface area contributed by atoms with E-state index in [4.69, 9.17) is 0 Å². The lowest BCUT2D eigenvalue weighted by Crippen LogP contribution is -2.55. The third-order valence-electron chi connectivity index (χ3n) is 7.16. The summed E-state index contributed by atoms with van der Waals surface area (Å²) in [6.45, 7) is 10.7. The molecule has 2 saturated heterocycles. The van der Waals surface area contributed by atoms with Crippen molar-refractivity contribution < 1.29 is 9.90 Å². The summed E-state index contributed by atoms with van der Waals surface area (Å²) in [5, 5.41) is 10.1. The van der Waals surface area contributed by atoms with E-state index in [1.54, 1.807) is 26.1 Å². The van der Waals surface area contributed by atoms with Crippen molar-refractivity contribution in [2.75, 3.05) is 36.5 Å². The van der Waals surface area contributed by atoms with Gasteiger partial charge in [-0.25, -0.2) is 0 Å². The Morgan fingerprint density at radius 3 is 2.41 bits per heavy atom. The van der Waals surface area contributed by atoms with E-state index in [2.05, 4.69) is 59.9 Å². The van der Waals surface area contributed by atoms with Gasteiger partial charge in [0, 0.05) is 43.3 Å². The van der Waals surface area contributed by atoms with E-state index in [1.165, 1.54) is 11.3 Å². The molecule has 0 bridgehead atoms. The molecule has 1 aromatic heterocycles. The van der Waals surface area contributed by atoms with Crippen LogP contribution in [0.5, 0.6) is 0 Å². The highest BCUT2D eigenvalue weighted by Crippen LogP contribution is 2.32. The van der Waals surface area contributed by atoms with E-state index in [0.717, 1.165) is 31.6 Å². The van der Waals surface area contributed by atoms with Crippen molar-refractivity contribution in [3.8, 4) is 0 Å². The first-order valence-electron chi connectivity index (χ1n) is 11.7. The Bertz CT molecular complexity index is 941. The normalized spacial score (nSPS) is 24.9. The number of carbonyl (C=O) groups excluding carboxylic acids is 1. The van der Waals surface area contributed by atoms with E-state index >= 15 is 0 Å². The molecule has 2 aliphatic rings. The minimum absolute atomic E-state index is 0.0209. The zero-order chi connectivity index (χ0) is 23.0. The molecule has 3 atom stereocenters. The molecule has 0 saturated carbocycles. The number of benzene rings is 1. The molecule has 6 nitrogen and oxygen atoms in total. The lowest BCUT2D eigenvalue weighted by atomic mass is 9.95. The molecular weight excluding hydrogens is 400 g/mol. The van der Waals surface area contributed by atoms with Crippen molar-refractivity contribution in [2.24, 2.45) is 5.92 Å². The van der Waals surface area contributed by atoms with E-state index in [0.29, 0.717) is 24.3 Å². The fourth-order valence-corrected chi connectivity index (χ4v) is 4.95. The predicted octanol–water partition coefficient (Wildman–Crippen LogP) is 3.43. The molecule has 0 spiro atoms. The minimum atomic E-state index is -0.988. The Labute approximate surface area is 191 Å². The fourth-order valence-electron chi connectivity index (χ4n) is 4.95. The molecule has 172 valence electrons. The maximum Gasteiger partial charge on any atom is 0.230 e. The Kier molecular flexibility index (Phi) is 6.28. The van der Waals surface area contributed by atoms with E-state index in [-0.39, 0.29) is 11.8 Å². The number of anilines is 2. The Morgan fingerprint density at radius 1 is 1.09 bits per heavy atom. The van der Waals surface area contributed by atoms with Crippen LogP contribution in [0.4, 0.5) is 11.4 Å². The van der Waals surface area contributed by atoms with Gasteiger partial charge in [-0.3, -0.25) is 14.7 Å². The first-order chi connectivity index (χ1) is 15.1. The quantitative estimate of drug-likeness (QED) is 0.778. The first kappa shape index (κ1) is 22.7. The van der Waals surface area contributed by atoms with Crippen LogP contribution in [-0.2, 0) is 16.8 Å². The maximum absolute atomic E-state index is 13.3. The van der Waals surface area contributed by atoms with E-state index in [1.807, 2.05) is 11.0 Å². The summed E-state index contributed by atoms with van der Waals surface area (Å²) in [4.78, 5) is 24.4. The number of nitrogens with zero attached hydrogens (tertiary/aromatic N) is 4. The molecule has 0 aliphatic carbocycles. The molecule has 0 radical (unpaired) electrons. The molecule has 2 aliphatic heterocycles. The molecule has 1 N–H and O–H groups in total. The van der Waals surface area contributed by atoms with Crippen molar-refractivity contribution in [1.29, 1.82) is 0 Å². The first-order valence-corrected chi connectivity index (χ1v) is 11.7. The van der Waals surface area contributed by atoms with Gasteiger partial charge in [0.15, 0.2) is 0 Å². The molecule has 2 aromatic rings. The summed E-state index contributed by atoms with van der Waals surface area (Å²) in [6.07, 6.45) is 3.31. The monoisotopic (exact) mass is 436 g/mol. The number of pyridine rings is 1. The lowest BCUT2D eigenvalue weighted by Gasteiger charge is -2.44. The van der Waals surface area contributed by atoms with Gasteiger partial charge in [-0.2, -0.15) is 0 Å². The summed E-state index contributed by atoms with van der Waals surface area (Å²) in [5.41, 5.74) is 2.95. The number of rotatable bonds is 5. The van der Waals surface area contributed by atoms with Crippen LogP contribution in [-0.4, -0.2) is 59.7 Å². The molecule has 4 rings (SSSR count). The van der Waals surface area contributed by atoms with Crippen molar-refractivity contribution in [1.82, 2.24) is 9.88 Å². The van der Waals surface area contributed by atoms with E-state index < -0.39 is 5.60 Å². The summed E-state index contributed by atoms with van der Waals surface area (Å²) in [7, 11) is 2.20. The molecule has 2 fully saturated rings. The molecule has 1 amide bonds. The molecular formula is C26H36N4O2. The van der Waals surface area contributed by atoms with Crippen molar-refractivity contribution in [3.63, 3.8) is 0 Å². The molecule has 1 aromatic carbocycles. The number of likely N-dealkylation sites (N-methyl/N-ethyl adjacent to an activating group) is 1. The van der Waals surface area contributed by atoms with Crippen LogP contribution in [0.2, 0.25) is 0 Å². The van der Waals surface area contributed by atoms with Gasteiger partial charge in [-0.05, 0) is 71.3 Å². The zero-order valence-electron chi connectivity index (χ0n) is 20.0. The van der Waals surface area contributed by atoms with Gasteiger partial charge in [-0.15, -0.1) is 0 Å². The van der Waals surface area contributed by atoms with Crippen LogP contribution in [0.1, 0.15) is 45.4 Å². The number of hydrogen-bond acceptors (Lipinski definition) is 5. The number of aliphatic hydroxyl groups is 1. The second-order valence-electron chi connectivity index (χ2n) is 10.0. The van der Waals surface area contributed by atoms with Crippen LogP contribution in [0.15, 0.2) is 42.6 Å². The second-order valence-corrected chi connectivity index (χ2v) is 10.0.